The van der Waals surface area contributed by atoms with Crippen LogP contribution >= 0.6 is 0 Å². The quantitative estimate of drug-likeness (QED) is 0.867. The zero-order valence-corrected chi connectivity index (χ0v) is 14.9. The zero-order valence-electron chi connectivity index (χ0n) is 14.9. The number of hydrogen-bond acceptors (Lipinski definition) is 4. The lowest BCUT2D eigenvalue weighted by atomic mass is 10.0. The number of benzene rings is 2. The number of phenolic OH excluding ortho intramolecular Hbond substituents is 1. The summed E-state index contributed by atoms with van der Waals surface area (Å²) in [5.41, 5.74) is 2.05. The van der Waals surface area contributed by atoms with Gasteiger partial charge in [0.1, 0.15) is 30.0 Å². The van der Waals surface area contributed by atoms with Crippen LogP contribution in [-0.2, 0) is 0 Å². The number of phenols is 1. The van der Waals surface area contributed by atoms with Gasteiger partial charge in [0.2, 0.25) is 0 Å². The van der Waals surface area contributed by atoms with E-state index in [0.29, 0.717) is 5.75 Å². The third-order valence-electron chi connectivity index (χ3n) is 5.04. The minimum Gasteiger partial charge on any atom is -0.508 e. The summed E-state index contributed by atoms with van der Waals surface area (Å²) >= 11 is 0. The first-order valence-corrected chi connectivity index (χ1v) is 9.41. The lowest BCUT2D eigenvalue weighted by molar-refractivity contribution is 0.183. The summed E-state index contributed by atoms with van der Waals surface area (Å²) in [5, 5.41) is 9.63. The molecule has 0 bridgehead atoms. The summed E-state index contributed by atoms with van der Waals surface area (Å²) in [6, 6.07) is 13.3. The van der Waals surface area contributed by atoms with Gasteiger partial charge in [-0.05, 0) is 61.8 Å². The van der Waals surface area contributed by atoms with Gasteiger partial charge < -0.3 is 14.6 Å². The highest BCUT2D eigenvalue weighted by Crippen LogP contribution is 2.35. The lowest BCUT2D eigenvalue weighted by Crippen LogP contribution is -2.33. The molecule has 1 saturated heterocycles. The van der Waals surface area contributed by atoms with Crippen LogP contribution < -0.4 is 9.47 Å². The van der Waals surface area contributed by atoms with Crippen molar-refractivity contribution in [2.45, 2.75) is 25.4 Å². The molecule has 26 heavy (non-hydrogen) atoms. The summed E-state index contributed by atoms with van der Waals surface area (Å²) in [7, 11) is 0. The molecule has 2 aromatic rings. The first-order valence-electron chi connectivity index (χ1n) is 9.41. The molecule has 0 amide bonds. The fourth-order valence-corrected chi connectivity index (χ4v) is 3.54. The first kappa shape index (κ1) is 17.0. The van der Waals surface area contributed by atoms with Gasteiger partial charge in [0.25, 0.3) is 0 Å². The van der Waals surface area contributed by atoms with E-state index in [1.165, 1.54) is 32.4 Å². The summed E-state index contributed by atoms with van der Waals surface area (Å²) in [4.78, 5) is 2.48. The molecular formula is C22H25NO3. The molecule has 1 fully saturated rings. The van der Waals surface area contributed by atoms with Crippen LogP contribution in [0.25, 0.3) is 6.08 Å². The van der Waals surface area contributed by atoms with E-state index in [1.54, 1.807) is 12.1 Å². The minimum atomic E-state index is -0.147. The molecule has 2 aliphatic heterocycles. The molecule has 2 heterocycles. The molecule has 0 saturated carbocycles. The summed E-state index contributed by atoms with van der Waals surface area (Å²) < 4.78 is 11.9. The number of piperidine rings is 1. The number of ether oxygens (including phenoxy) is 2. The monoisotopic (exact) mass is 351 g/mol. The molecule has 0 spiro atoms. The molecular weight excluding hydrogens is 326 g/mol. The van der Waals surface area contributed by atoms with Crippen molar-refractivity contribution in [3.63, 3.8) is 0 Å². The molecule has 1 unspecified atom stereocenters. The van der Waals surface area contributed by atoms with Crippen molar-refractivity contribution in [2.24, 2.45) is 0 Å². The van der Waals surface area contributed by atoms with Crippen LogP contribution in [0, 0.1) is 0 Å². The Hall–Kier alpha value is -2.46. The molecule has 0 aromatic heterocycles. The second-order valence-electron chi connectivity index (χ2n) is 6.94. The highest BCUT2D eigenvalue weighted by Gasteiger charge is 2.17. The number of aromatic hydroxyl groups is 1. The van der Waals surface area contributed by atoms with E-state index in [2.05, 4.69) is 4.90 Å². The van der Waals surface area contributed by atoms with E-state index < -0.39 is 0 Å². The molecule has 0 radical (unpaired) electrons. The second-order valence-corrected chi connectivity index (χ2v) is 6.94. The Kier molecular flexibility index (Phi) is 5.12. The predicted octanol–water partition coefficient (Wildman–Crippen LogP) is 4.40. The third kappa shape index (κ3) is 4.02. The number of nitrogens with zero attached hydrogens (tertiary/aromatic N) is 1. The molecule has 4 heteroatoms. The predicted molar refractivity (Wildman–Crippen MR) is 103 cm³/mol. The van der Waals surface area contributed by atoms with Crippen molar-refractivity contribution in [1.82, 2.24) is 4.90 Å². The van der Waals surface area contributed by atoms with E-state index in [0.717, 1.165) is 30.0 Å². The lowest BCUT2D eigenvalue weighted by Gasteiger charge is -2.26. The Morgan fingerprint density at radius 2 is 1.85 bits per heavy atom. The highest BCUT2D eigenvalue weighted by atomic mass is 16.5. The summed E-state index contributed by atoms with van der Waals surface area (Å²) in [5.74, 6) is 1.82. The second kappa shape index (κ2) is 7.83. The normalized spacial score (nSPS) is 19.6. The van der Waals surface area contributed by atoms with Crippen LogP contribution in [0.1, 0.15) is 36.5 Å². The Balaban J connectivity index is 1.33. The van der Waals surface area contributed by atoms with Gasteiger partial charge in [0, 0.05) is 18.2 Å². The molecule has 4 nitrogen and oxygen atoms in total. The molecule has 2 aromatic carbocycles. The standard InChI is InChI=1S/C22H25NO3/c24-19-8-4-18-7-11-21(26-22(18)16-19)17-5-9-20(10-6-17)25-15-14-23-12-2-1-3-13-23/h4-11,16,21,24H,1-3,12-15H2. The maximum absolute atomic E-state index is 9.63. The van der Waals surface area contributed by atoms with E-state index in [1.807, 2.05) is 42.5 Å². The average molecular weight is 351 g/mol. The van der Waals surface area contributed by atoms with E-state index in [-0.39, 0.29) is 11.9 Å². The van der Waals surface area contributed by atoms with Gasteiger partial charge in [0.15, 0.2) is 0 Å². The molecule has 0 aliphatic carbocycles. The van der Waals surface area contributed by atoms with Crippen LogP contribution in [0.2, 0.25) is 0 Å². The number of likely N-dealkylation sites (tertiary alicyclic amines) is 1. The molecule has 2 aliphatic rings. The number of fused-ring (bicyclic) bond motifs is 1. The molecule has 4 rings (SSSR count). The summed E-state index contributed by atoms with van der Waals surface area (Å²) in [6.07, 6.45) is 7.90. The Morgan fingerprint density at radius 1 is 1.04 bits per heavy atom. The highest BCUT2D eigenvalue weighted by molar-refractivity contribution is 5.62. The maximum Gasteiger partial charge on any atom is 0.142 e. The Bertz CT molecular complexity index is 763. The zero-order chi connectivity index (χ0) is 17.8. The first-order chi connectivity index (χ1) is 12.8. The average Bonchev–Trinajstić information content (AvgIpc) is 2.69. The fourth-order valence-electron chi connectivity index (χ4n) is 3.54. The van der Waals surface area contributed by atoms with Crippen molar-refractivity contribution in [3.05, 3.63) is 59.7 Å². The molecule has 1 N–H and O–H groups in total. The smallest absolute Gasteiger partial charge is 0.142 e. The fraction of sp³-hybridized carbons (Fsp3) is 0.364. The topological polar surface area (TPSA) is 41.9 Å². The summed E-state index contributed by atoms with van der Waals surface area (Å²) in [6.45, 7) is 4.12. The SMILES string of the molecule is Oc1ccc2c(c1)OC(c1ccc(OCCN3CCCCC3)cc1)C=C2. The van der Waals surface area contributed by atoms with Gasteiger partial charge >= 0.3 is 0 Å². The minimum absolute atomic E-state index is 0.147. The van der Waals surface area contributed by atoms with Crippen molar-refractivity contribution >= 4 is 6.08 Å². The third-order valence-corrected chi connectivity index (χ3v) is 5.04. The molecule has 1 atom stereocenters. The Morgan fingerprint density at radius 3 is 2.65 bits per heavy atom. The maximum atomic E-state index is 9.63. The largest absolute Gasteiger partial charge is 0.508 e. The molecule has 136 valence electrons. The van der Waals surface area contributed by atoms with Crippen LogP contribution in [0.4, 0.5) is 0 Å². The van der Waals surface area contributed by atoms with Gasteiger partial charge in [-0.3, -0.25) is 4.90 Å². The van der Waals surface area contributed by atoms with Crippen molar-refractivity contribution < 1.29 is 14.6 Å². The van der Waals surface area contributed by atoms with Crippen molar-refractivity contribution in [1.29, 1.82) is 0 Å². The van der Waals surface area contributed by atoms with Crippen molar-refractivity contribution in [3.8, 4) is 17.2 Å². The number of rotatable bonds is 5. The van der Waals surface area contributed by atoms with Gasteiger partial charge in [-0.2, -0.15) is 0 Å². The number of hydrogen-bond donors (Lipinski definition) is 1. The van der Waals surface area contributed by atoms with Crippen LogP contribution in [0.15, 0.2) is 48.5 Å². The Labute approximate surface area is 154 Å². The van der Waals surface area contributed by atoms with E-state index in [9.17, 15) is 5.11 Å². The van der Waals surface area contributed by atoms with Gasteiger partial charge in [-0.25, -0.2) is 0 Å². The van der Waals surface area contributed by atoms with Gasteiger partial charge in [0.05, 0.1) is 0 Å². The van der Waals surface area contributed by atoms with Crippen molar-refractivity contribution in [2.75, 3.05) is 26.2 Å². The van der Waals surface area contributed by atoms with Gasteiger partial charge in [-0.1, -0.05) is 24.6 Å². The van der Waals surface area contributed by atoms with Crippen LogP contribution in [0.3, 0.4) is 0 Å². The van der Waals surface area contributed by atoms with E-state index >= 15 is 0 Å². The van der Waals surface area contributed by atoms with Crippen LogP contribution in [0.5, 0.6) is 17.2 Å². The van der Waals surface area contributed by atoms with Gasteiger partial charge in [-0.15, -0.1) is 0 Å². The van der Waals surface area contributed by atoms with E-state index in [4.69, 9.17) is 9.47 Å². The van der Waals surface area contributed by atoms with Crippen LogP contribution in [-0.4, -0.2) is 36.2 Å².